The maximum absolute atomic E-state index is 14.7. The Hall–Kier alpha value is -2.82. The predicted molar refractivity (Wildman–Crippen MR) is 114 cm³/mol. The summed E-state index contributed by atoms with van der Waals surface area (Å²) in [6, 6.07) is 18.3. The zero-order chi connectivity index (χ0) is 20.8. The number of carbonyl (C=O) groups excluding carboxylic acids is 1. The normalized spacial score (nSPS) is 11.6. The number of benzene rings is 3. The lowest BCUT2D eigenvalue weighted by Gasteiger charge is -2.22. The molecule has 3 nitrogen and oxygen atoms in total. The van der Waals surface area contributed by atoms with E-state index >= 15 is 0 Å². The second-order valence-electron chi connectivity index (χ2n) is 6.21. The third-order valence-corrected chi connectivity index (χ3v) is 4.80. The predicted octanol–water partition coefficient (Wildman–Crippen LogP) is 6.22. The lowest BCUT2D eigenvalue weighted by molar-refractivity contribution is 0.0957. The molecular formula is C23H18Cl2FNO2. The molecule has 0 aromatic heterocycles. The van der Waals surface area contributed by atoms with Gasteiger partial charge in [-0.15, -0.1) is 6.58 Å². The van der Waals surface area contributed by atoms with E-state index < -0.39 is 17.8 Å². The third kappa shape index (κ3) is 5.17. The highest BCUT2D eigenvalue weighted by atomic mass is 35.5. The van der Waals surface area contributed by atoms with E-state index in [2.05, 4.69) is 11.9 Å². The van der Waals surface area contributed by atoms with Crippen LogP contribution in [0, 0.1) is 5.82 Å². The Balaban J connectivity index is 1.94. The van der Waals surface area contributed by atoms with Gasteiger partial charge in [0.25, 0.3) is 5.91 Å². The molecule has 0 bridgehead atoms. The van der Waals surface area contributed by atoms with E-state index in [1.165, 1.54) is 12.1 Å². The molecule has 0 saturated heterocycles. The first-order valence-corrected chi connectivity index (χ1v) is 9.60. The van der Waals surface area contributed by atoms with Crippen LogP contribution in [0.3, 0.4) is 0 Å². The van der Waals surface area contributed by atoms with Gasteiger partial charge in [-0.2, -0.15) is 0 Å². The molecule has 0 saturated carbocycles. The molecule has 3 aromatic carbocycles. The van der Waals surface area contributed by atoms with Gasteiger partial charge in [0.15, 0.2) is 17.7 Å². The van der Waals surface area contributed by atoms with Crippen LogP contribution in [0.5, 0.6) is 5.75 Å². The standard InChI is InChI=1S/C23H18Cl2FNO2/c1-2-13-27-23(28)16-9-12-21(20(26)14-16)29-22(15-7-10-17(24)11-8-15)18-5-3-4-6-19(18)25/h2-12,14,22H,1,13H2,(H,27,28). The molecule has 6 heteroatoms. The number of amides is 1. The first-order chi connectivity index (χ1) is 14.0. The maximum atomic E-state index is 14.7. The van der Waals surface area contributed by atoms with Gasteiger partial charge in [-0.25, -0.2) is 4.39 Å². The van der Waals surface area contributed by atoms with Gasteiger partial charge in [-0.1, -0.05) is 59.6 Å². The fourth-order valence-electron chi connectivity index (χ4n) is 2.77. The molecule has 29 heavy (non-hydrogen) atoms. The van der Waals surface area contributed by atoms with Crippen LogP contribution in [-0.4, -0.2) is 12.5 Å². The Morgan fingerprint density at radius 2 is 1.83 bits per heavy atom. The lowest BCUT2D eigenvalue weighted by Crippen LogP contribution is -2.23. The van der Waals surface area contributed by atoms with Gasteiger partial charge in [0.2, 0.25) is 0 Å². The monoisotopic (exact) mass is 429 g/mol. The minimum Gasteiger partial charge on any atom is -0.478 e. The molecule has 1 amide bonds. The first kappa shape index (κ1) is 20.9. The van der Waals surface area contributed by atoms with Crippen molar-refractivity contribution >= 4 is 29.1 Å². The highest BCUT2D eigenvalue weighted by Gasteiger charge is 2.21. The molecule has 0 fully saturated rings. The topological polar surface area (TPSA) is 38.3 Å². The fourth-order valence-corrected chi connectivity index (χ4v) is 3.13. The molecule has 0 radical (unpaired) electrons. The molecular weight excluding hydrogens is 412 g/mol. The highest BCUT2D eigenvalue weighted by Crippen LogP contribution is 2.34. The summed E-state index contributed by atoms with van der Waals surface area (Å²) in [5.41, 5.74) is 1.64. The summed E-state index contributed by atoms with van der Waals surface area (Å²) in [6.45, 7) is 3.83. The minimum absolute atomic E-state index is 0.00476. The quantitative estimate of drug-likeness (QED) is 0.452. The van der Waals surface area contributed by atoms with Crippen LogP contribution < -0.4 is 10.1 Å². The fraction of sp³-hybridized carbons (Fsp3) is 0.0870. The zero-order valence-corrected chi connectivity index (χ0v) is 16.9. The highest BCUT2D eigenvalue weighted by molar-refractivity contribution is 6.31. The van der Waals surface area contributed by atoms with Crippen LogP contribution in [-0.2, 0) is 0 Å². The van der Waals surface area contributed by atoms with Crippen molar-refractivity contribution < 1.29 is 13.9 Å². The number of hydrogen-bond acceptors (Lipinski definition) is 2. The van der Waals surface area contributed by atoms with E-state index in [0.29, 0.717) is 22.2 Å². The number of halogens is 3. The third-order valence-electron chi connectivity index (χ3n) is 4.21. The Labute approximate surface area is 178 Å². The molecule has 0 aliphatic heterocycles. The second-order valence-corrected chi connectivity index (χ2v) is 7.06. The molecule has 0 aliphatic carbocycles. The van der Waals surface area contributed by atoms with Gasteiger partial charge >= 0.3 is 0 Å². The average molecular weight is 430 g/mol. The number of ether oxygens (including phenoxy) is 1. The Morgan fingerprint density at radius 3 is 2.48 bits per heavy atom. The van der Waals surface area contributed by atoms with Crippen molar-refractivity contribution in [1.82, 2.24) is 5.32 Å². The van der Waals surface area contributed by atoms with Gasteiger partial charge in [0.05, 0.1) is 0 Å². The Morgan fingerprint density at radius 1 is 1.10 bits per heavy atom. The number of rotatable bonds is 7. The molecule has 0 spiro atoms. The molecule has 1 unspecified atom stereocenters. The maximum Gasteiger partial charge on any atom is 0.251 e. The van der Waals surface area contributed by atoms with Crippen LogP contribution >= 0.6 is 23.2 Å². The van der Waals surface area contributed by atoms with E-state index in [1.54, 1.807) is 36.4 Å². The second kappa shape index (κ2) is 9.59. The van der Waals surface area contributed by atoms with E-state index in [0.717, 1.165) is 11.6 Å². The van der Waals surface area contributed by atoms with Crippen molar-refractivity contribution in [2.24, 2.45) is 0 Å². The van der Waals surface area contributed by atoms with Gasteiger partial charge in [0, 0.05) is 27.7 Å². The largest absolute Gasteiger partial charge is 0.478 e. The van der Waals surface area contributed by atoms with Crippen molar-refractivity contribution in [3.63, 3.8) is 0 Å². The summed E-state index contributed by atoms with van der Waals surface area (Å²) in [4.78, 5) is 12.0. The summed E-state index contributed by atoms with van der Waals surface area (Å²) in [7, 11) is 0. The molecule has 148 valence electrons. The summed E-state index contributed by atoms with van der Waals surface area (Å²) in [5, 5.41) is 3.68. The Bertz CT molecular complexity index is 1020. The van der Waals surface area contributed by atoms with Crippen LogP contribution in [0.25, 0.3) is 0 Å². The van der Waals surface area contributed by atoms with Crippen molar-refractivity contribution in [1.29, 1.82) is 0 Å². The summed E-state index contributed by atoms with van der Waals surface area (Å²) >= 11 is 12.4. The van der Waals surface area contributed by atoms with E-state index in [4.69, 9.17) is 27.9 Å². The number of carbonyl (C=O) groups is 1. The molecule has 1 N–H and O–H groups in total. The molecule has 3 rings (SSSR count). The van der Waals surface area contributed by atoms with Crippen LogP contribution in [0.2, 0.25) is 10.0 Å². The van der Waals surface area contributed by atoms with Crippen LogP contribution in [0.4, 0.5) is 4.39 Å². The van der Waals surface area contributed by atoms with E-state index in [1.807, 2.05) is 18.2 Å². The van der Waals surface area contributed by atoms with Gasteiger partial charge in [0.1, 0.15) is 0 Å². The SMILES string of the molecule is C=CCNC(=O)c1ccc(OC(c2ccc(Cl)cc2)c2ccccc2Cl)c(F)c1. The van der Waals surface area contributed by atoms with E-state index in [-0.39, 0.29) is 11.3 Å². The summed E-state index contributed by atoms with van der Waals surface area (Å²) < 4.78 is 20.7. The smallest absolute Gasteiger partial charge is 0.251 e. The van der Waals surface area contributed by atoms with Gasteiger partial charge in [-0.05, 0) is 42.0 Å². The number of nitrogens with one attached hydrogen (secondary N) is 1. The van der Waals surface area contributed by atoms with Crippen molar-refractivity contribution in [2.45, 2.75) is 6.10 Å². The number of hydrogen-bond donors (Lipinski definition) is 1. The molecule has 3 aromatic rings. The average Bonchev–Trinajstić information content (AvgIpc) is 2.72. The zero-order valence-electron chi connectivity index (χ0n) is 15.4. The van der Waals surface area contributed by atoms with Crippen LogP contribution in [0.15, 0.2) is 79.4 Å². The van der Waals surface area contributed by atoms with E-state index in [9.17, 15) is 9.18 Å². The van der Waals surface area contributed by atoms with Gasteiger partial charge < -0.3 is 10.1 Å². The molecule has 0 aliphatic rings. The van der Waals surface area contributed by atoms with Crippen molar-refractivity contribution in [3.8, 4) is 5.75 Å². The van der Waals surface area contributed by atoms with Crippen molar-refractivity contribution in [2.75, 3.05) is 6.54 Å². The summed E-state index contributed by atoms with van der Waals surface area (Å²) in [5.74, 6) is -1.04. The van der Waals surface area contributed by atoms with Crippen LogP contribution in [0.1, 0.15) is 27.6 Å². The Kier molecular flexibility index (Phi) is 6.91. The molecule has 1 atom stereocenters. The molecule has 0 heterocycles. The summed E-state index contributed by atoms with van der Waals surface area (Å²) in [6.07, 6.45) is 0.891. The minimum atomic E-state index is -0.657. The first-order valence-electron chi connectivity index (χ1n) is 8.85. The van der Waals surface area contributed by atoms with Gasteiger partial charge in [-0.3, -0.25) is 4.79 Å². The van der Waals surface area contributed by atoms with Crippen molar-refractivity contribution in [3.05, 3.63) is 112 Å². The lowest BCUT2D eigenvalue weighted by atomic mass is 10.0.